The van der Waals surface area contributed by atoms with Crippen LogP contribution in [0.2, 0.25) is 0 Å². The van der Waals surface area contributed by atoms with Crippen molar-refractivity contribution in [1.29, 1.82) is 0 Å². The van der Waals surface area contributed by atoms with Gasteiger partial charge in [-0.15, -0.1) is 11.8 Å². The Morgan fingerprint density at radius 1 is 1.13 bits per heavy atom. The molecule has 2 aliphatic rings. The van der Waals surface area contributed by atoms with E-state index < -0.39 is 10.8 Å². The van der Waals surface area contributed by atoms with Gasteiger partial charge in [-0.1, -0.05) is 36.4 Å². The number of benzene rings is 2. The first kappa shape index (κ1) is 20.6. The monoisotopic (exact) mass is 426 g/mol. The number of carbonyl (C=O) groups is 2. The average molecular weight is 427 g/mol. The van der Waals surface area contributed by atoms with Crippen molar-refractivity contribution in [3.05, 3.63) is 59.2 Å². The molecule has 1 saturated heterocycles. The van der Waals surface area contributed by atoms with Crippen molar-refractivity contribution in [3.8, 4) is 11.5 Å². The van der Waals surface area contributed by atoms with E-state index in [-0.39, 0.29) is 23.2 Å². The second-order valence-corrected chi connectivity index (χ2v) is 9.83. The van der Waals surface area contributed by atoms with E-state index >= 15 is 0 Å². The number of fused-ring (bicyclic) bond motifs is 3. The van der Waals surface area contributed by atoms with E-state index in [1.54, 1.807) is 23.8 Å². The van der Waals surface area contributed by atoms with Gasteiger partial charge in [0.05, 0.1) is 25.8 Å². The number of thioether (sulfide) groups is 1. The van der Waals surface area contributed by atoms with Crippen LogP contribution < -0.4 is 14.8 Å². The molecule has 2 aromatic rings. The van der Waals surface area contributed by atoms with Gasteiger partial charge in [0.25, 0.3) is 5.91 Å². The van der Waals surface area contributed by atoms with Crippen LogP contribution in [0.15, 0.2) is 42.5 Å². The van der Waals surface area contributed by atoms with Crippen molar-refractivity contribution in [1.82, 2.24) is 10.2 Å². The Kier molecular flexibility index (Phi) is 5.18. The first-order valence-electron chi connectivity index (χ1n) is 9.90. The number of carbonyl (C=O) groups excluding carboxylic acids is 2. The molecule has 4 rings (SSSR count). The maximum Gasteiger partial charge on any atom is 0.260 e. The van der Waals surface area contributed by atoms with E-state index in [4.69, 9.17) is 9.47 Å². The number of methoxy groups -OCH3 is 2. The zero-order valence-electron chi connectivity index (χ0n) is 17.8. The van der Waals surface area contributed by atoms with E-state index in [0.29, 0.717) is 17.1 Å². The molecule has 0 aliphatic carbocycles. The highest BCUT2D eigenvalue weighted by atomic mass is 32.2. The van der Waals surface area contributed by atoms with Gasteiger partial charge in [0.2, 0.25) is 5.91 Å². The van der Waals surface area contributed by atoms with Crippen LogP contribution in [0.25, 0.3) is 0 Å². The van der Waals surface area contributed by atoms with Crippen LogP contribution in [-0.2, 0) is 4.79 Å². The summed E-state index contributed by atoms with van der Waals surface area (Å²) in [5, 5.41) is 2.87. The van der Waals surface area contributed by atoms with Gasteiger partial charge in [-0.05, 0) is 32.4 Å². The summed E-state index contributed by atoms with van der Waals surface area (Å²) in [6, 6.07) is 12.8. The molecule has 7 heteroatoms. The van der Waals surface area contributed by atoms with Gasteiger partial charge in [-0.2, -0.15) is 0 Å². The van der Waals surface area contributed by atoms with Gasteiger partial charge < -0.3 is 19.7 Å². The number of hydrogen-bond acceptors (Lipinski definition) is 5. The lowest BCUT2D eigenvalue weighted by Crippen LogP contribution is -2.52. The Balaban J connectivity index is 1.67. The molecule has 30 heavy (non-hydrogen) atoms. The van der Waals surface area contributed by atoms with Gasteiger partial charge in [0, 0.05) is 10.3 Å². The highest BCUT2D eigenvalue weighted by Crippen LogP contribution is 2.58. The maximum atomic E-state index is 13.5. The average Bonchev–Trinajstić information content (AvgIpc) is 3.16. The largest absolute Gasteiger partial charge is 0.493 e. The number of ether oxygens (including phenoxy) is 2. The molecule has 2 heterocycles. The summed E-state index contributed by atoms with van der Waals surface area (Å²) in [7, 11) is 3.07. The van der Waals surface area contributed by atoms with Gasteiger partial charge in [-0.25, -0.2) is 0 Å². The van der Waals surface area contributed by atoms with Crippen molar-refractivity contribution < 1.29 is 19.1 Å². The highest BCUT2D eigenvalue weighted by Gasteiger charge is 2.58. The Bertz CT molecular complexity index is 992. The van der Waals surface area contributed by atoms with Crippen molar-refractivity contribution >= 4 is 23.6 Å². The Morgan fingerprint density at radius 3 is 2.47 bits per heavy atom. The smallest absolute Gasteiger partial charge is 0.260 e. The van der Waals surface area contributed by atoms with E-state index in [2.05, 4.69) is 5.32 Å². The standard InChI is InChI=1S/C23H26N2O4S/c1-13(14-9-7-6-8-10-14)24-20(26)19-23(2,3)30-22-15-11-12-16(28-4)18(29-5)17(15)21(27)25(19)22/h6-13,19,22H,1-5H3,(H,24,26)/t13-,19-,22+/m1/s1. The summed E-state index contributed by atoms with van der Waals surface area (Å²) in [6.45, 7) is 5.98. The second kappa shape index (κ2) is 7.54. The quantitative estimate of drug-likeness (QED) is 0.785. The molecule has 3 atom stereocenters. The Hall–Kier alpha value is -2.67. The van der Waals surface area contributed by atoms with Gasteiger partial charge in [0.15, 0.2) is 11.5 Å². The van der Waals surface area contributed by atoms with E-state index in [1.807, 2.05) is 63.2 Å². The van der Waals surface area contributed by atoms with Crippen LogP contribution >= 0.6 is 11.8 Å². The third kappa shape index (κ3) is 3.12. The number of nitrogens with zero attached hydrogens (tertiary/aromatic N) is 1. The fourth-order valence-electron chi connectivity index (χ4n) is 4.37. The van der Waals surface area contributed by atoms with Gasteiger partial charge in [-0.3, -0.25) is 9.59 Å². The molecular formula is C23H26N2O4S. The summed E-state index contributed by atoms with van der Waals surface area (Å²) >= 11 is 1.62. The zero-order valence-corrected chi connectivity index (χ0v) is 18.6. The molecule has 6 nitrogen and oxygen atoms in total. The lowest BCUT2D eigenvalue weighted by Gasteiger charge is -2.30. The zero-order chi connectivity index (χ0) is 21.6. The lowest BCUT2D eigenvalue weighted by atomic mass is 9.99. The third-order valence-electron chi connectivity index (χ3n) is 5.80. The molecular weight excluding hydrogens is 400 g/mol. The minimum Gasteiger partial charge on any atom is -0.493 e. The molecule has 2 amide bonds. The Morgan fingerprint density at radius 2 is 1.83 bits per heavy atom. The molecule has 158 valence electrons. The van der Waals surface area contributed by atoms with Crippen molar-refractivity contribution in [2.45, 2.75) is 43.0 Å². The van der Waals surface area contributed by atoms with Crippen molar-refractivity contribution in [2.75, 3.05) is 14.2 Å². The molecule has 0 aromatic heterocycles. The SMILES string of the molecule is COc1ccc2c(c1OC)C(=O)N1[C@H]2SC(C)(C)[C@H]1C(=O)N[C@H](C)c1ccccc1. The fourth-order valence-corrected chi connectivity index (χ4v) is 5.95. The van der Waals surface area contributed by atoms with Crippen molar-refractivity contribution in [2.24, 2.45) is 0 Å². The highest BCUT2D eigenvalue weighted by molar-refractivity contribution is 8.01. The van der Waals surface area contributed by atoms with Gasteiger partial charge >= 0.3 is 0 Å². The molecule has 0 spiro atoms. The van der Waals surface area contributed by atoms with Crippen LogP contribution in [-0.4, -0.2) is 41.7 Å². The number of rotatable bonds is 5. The minimum atomic E-state index is -0.603. The molecule has 0 saturated carbocycles. The molecule has 1 N–H and O–H groups in total. The summed E-state index contributed by atoms with van der Waals surface area (Å²) in [4.78, 5) is 28.6. The van der Waals surface area contributed by atoms with Crippen LogP contribution in [0.5, 0.6) is 11.5 Å². The molecule has 1 fully saturated rings. The lowest BCUT2D eigenvalue weighted by molar-refractivity contribution is -0.126. The minimum absolute atomic E-state index is 0.154. The molecule has 0 radical (unpaired) electrons. The van der Waals surface area contributed by atoms with Crippen LogP contribution in [0, 0.1) is 0 Å². The molecule has 2 aliphatic heterocycles. The molecule has 0 unspecified atom stereocenters. The summed E-state index contributed by atoms with van der Waals surface area (Å²) in [5.74, 6) is 0.577. The fraction of sp³-hybridized carbons (Fsp3) is 0.391. The van der Waals surface area contributed by atoms with Crippen molar-refractivity contribution in [3.63, 3.8) is 0 Å². The summed E-state index contributed by atoms with van der Waals surface area (Å²) < 4.78 is 10.4. The van der Waals surface area contributed by atoms with E-state index in [1.165, 1.54) is 7.11 Å². The Labute approximate surface area is 180 Å². The first-order valence-corrected chi connectivity index (χ1v) is 10.8. The number of amides is 2. The summed E-state index contributed by atoms with van der Waals surface area (Å²) in [6.07, 6.45) is 0. The van der Waals surface area contributed by atoms with E-state index in [0.717, 1.165) is 11.1 Å². The topological polar surface area (TPSA) is 67.9 Å². The predicted octanol–water partition coefficient (Wildman–Crippen LogP) is 3.93. The van der Waals surface area contributed by atoms with E-state index in [9.17, 15) is 9.59 Å². The summed E-state index contributed by atoms with van der Waals surface area (Å²) in [5.41, 5.74) is 2.37. The first-order chi connectivity index (χ1) is 14.3. The third-order valence-corrected chi connectivity index (χ3v) is 7.34. The number of hydrogen-bond donors (Lipinski definition) is 1. The molecule has 0 bridgehead atoms. The maximum absolute atomic E-state index is 13.5. The second-order valence-electron chi connectivity index (χ2n) is 8.09. The predicted molar refractivity (Wildman–Crippen MR) is 117 cm³/mol. The van der Waals surface area contributed by atoms with Crippen LogP contribution in [0.1, 0.15) is 53.7 Å². The number of nitrogens with one attached hydrogen (secondary N) is 1. The molecule has 2 aromatic carbocycles. The van der Waals surface area contributed by atoms with Crippen LogP contribution in [0.4, 0.5) is 0 Å². The normalized spacial score (nSPS) is 22.3. The van der Waals surface area contributed by atoms with Gasteiger partial charge in [0.1, 0.15) is 11.4 Å². The van der Waals surface area contributed by atoms with Crippen LogP contribution in [0.3, 0.4) is 0 Å².